The van der Waals surface area contributed by atoms with Gasteiger partial charge < -0.3 is 10.4 Å². The van der Waals surface area contributed by atoms with E-state index in [-0.39, 0.29) is 17.5 Å². The maximum absolute atomic E-state index is 12.8. The molecule has 32 heavy (non-hydrogen) atoms. The molecule has 2 atom stereocenters. The first-order valence-corrected chi connectivity index (χ1v) is 12.4. The molecule has 8 nitrogen and oxygen atoms in total. The molecule has 0 unspecified atom stereocenters. The van der Waals surface area contributed by atoms with E-state index in [0.29, 0.717) is 17.1 Å². The molecule has 2 aliphatic rings. The summed E-state index contributed by atoms with van der Waals surface area (Å²) in [5, 5.41) is 17.4. The Kier molecular flexibility index (Phi) is 6.90. The summed E-state index contributed by atoms with van der Waals surface area (Å²) < 4.78 is 1.74. The number of benzene rings is 1. The lowest BCUT2D eigenvalue weighted by atomic mass is 10.0. The zero-order chi connectivity index (χ0) is 22.7. The van der Waals surface area contributed by atoms with Crippen LogP contribution in [0, 0.1) is 0 Å². The summed E-state index contributed by atoms with van der Waals surface area (Å²) in [5.41, 5.74) is 0.853. The second kappa shape index (κ2) is 9.83. The molecule has 0 spiro atoms. The van der Waals surface area contributed by atoms with Crippen LogP contribution in [0.3, 0.4) is 0 Å². The number of nitrogens with zero attached hydrogens (tertiary/aromatic N) is 3. The van der Waals surface area contributed by atoms with Crippen LogP contribution in [-0.4, -0.2) is 54.7 Å². The van der Waals surface area contributed by atoms with Gasteiger partial charge in [-0.1, -0.05) is 49.7 Å². The number of fused-ring (bicyclic) bond motifs is 1. The Labute approximate surface area is 194 Å². The minimum absolute atomic E-state index is 0.0129. The van der Waals surface area contributed by atoms with E-state index in [0.717, 1.165) is 30.0 Å². The number of carbonyl (C=O) groups excluding carboxylic acids is 2. The molecule has 3 heterocycles. The van der Waals surface area contributed by atoms with Crippen molar-refractivity contribution in [3.8, 4) is 5.69 Å². The van der Waals surface area contributed by atoms with E-state index < -0.39 is 17.4 Å². The first kappa shape index (κ1) is 22.5. The highest BCUT2D eigenvalue weighted by Crippen LogP contribution is 2.45. The molecule has 1 aromatic heterocycles. The Hall–Kier alpha value is -2.72. The fourth-order valence-electron chi connectivity index (χ4n) is 3.71. The predicted octanol–water partition coefficient (Wildman–Crippen LogP) is 3.24. The average molecular weight is 473 g/mol. The quantitative estimate of drug-likeness (QED) is 0.426. The Balaban J connectivity index is 1.52. The molecular formula is C22H24N4O4S2. The topological polar surface area (TPSA) is 105 Å². The number of aromatic nitrogens is 2. The largest absolute Gasteiger partial charge is 0.477 e. The first-order chi connectivity index (χ1) is 15.5. The van der Waals surface area contributed by atoms with Crippen LogP contribution < -0.4 is 5.32 Å². The van der Waals surface area contributed by atoms with Crippen LogP contribution >= 0.6 is 23.5 Å². The van der Waals surface area contributed by atoms with Gasteiger partial charge in [-0.2, -0.15) is 5.10 Å². The Bertz CT molecular complexity index is 1050. The van der Waals surface area contributed by atoms with Crippen molar-refractivity contribution < 1.29 is 19.5 Å². The minimum atomic E-state index is -1.15. The number of carboxylic acids is 1. The highest BCUT2D eigenvalue weighted by molar-refractivity contribution is 8.06. The summed E-state index contributed by atoms with van der Waals surface area (Å²) in [6.45, 7) is 2.06. The zero-order valence-corrected chi connectivity index (χ0v) is 19.2. The molecule has 0 bridgehead atoms. The smallest absolute Gasteiger partial charge is 0.353 e. The van der Waals surface area contributed by atoms with E-state index >= 15 is 0 Å². The Morgan fingerprint density at radius 2 is 2.03 bits per heavy atom. The number of β-lactam (4-membered cyclic amide) rings is 1. The highest BCUT2D eigenvalue weighted by atomic mass is 32.2. The molecule has 1 fully saturated rings. The van der Waals surface area contributed by atoms with E-state index in [1.165, 1.54) is 28.4 Å². The Morgan fingerprint density at radius 3 is 2.75 bits per heavy atom. The van der Waals surface area contributed by atoms with Crippen LogP contribution in [0.4, 0.5) is 0 Å². The van der Waals surface area contributed by atoms with E-state index in [1.807, 2.05) is 36.4 Å². The second-order valence-electron chi connectivity index (χ2n) is 7.51. The van der Waals surface area contributed by atoms with Gasteiger partial charge in [-0.05, 0) is 24.6 Å². The van der Waals surface area contributed by atoms with Crippen molar-refractivity contribution in [2.45, 2.75) is 49.0 Å². The summed E-state index contributed by atoms with van der Waals surface area (Å²) in [7, 11) is 0. The molecule has 2 amide bonds. The summed E-state index contributed by atoms with van der Waals surface area (Å²) in [6.07, 6.45) is 4.79. The number of aliphatic carboxylic acids is 1. The van der Waals surface area contributed by atoms with Crippen LogP contribution in [0.5, 0.6) is 0 Å². The number of carboxylic acid groups (broad SMARTS) is 1. The van der Waals surface area contributed by atoms with Crippen LogP contribution in [0.25, 0.3) is 5.69 Å². The highest BCUT2D eigenvalue weighted by Gasteiger charge is 2.54. The third-order valence-electron chi connectivity index (χ3n) is 5.30. The molecule has 0 aliphatic carbocycles. The first-order valence-electron chi connectivity index (χ1n) is 10.5. The number of hydrogen-bond acceptors (Lipinski definition) is 6. The van der Waals surface area contributed by atoms with Gasteiger partial charge >= 0.3 is 5.97 Å². The van der Waals surface area contributed by atoms with Crippen molar-refractivity contribution in [2.75, 3.05) is 5.75 Å². The summed E-state index contributed by atoms with van der Waals surface area (Å²) in [5.74, 6) is -1.25. The molecule has 168 valence electrons. The number of thioether (sulfide) groups is 2. The zero-order valence-electron chi connectivity index (χ0n) is 17.6. The van der Waals surface area contributed by atoms with Gasteiger partial charge in [-0.3, -0.25) is 14.5 Å². The standard InChI is InChI=1S/C22H24N4O4S2/c1-2-3-5-10-16(27)24-18-20(28)25-19(22(29)30)15(13-31-21(18)25)32-17-11-12-23-26(17)14-8-6-4-7-9-14/h4,6-9,11-12,18,21H,2-3,5,10,13H2,1H3,(H,24,27)(H,29,30)/t18-,21+/m1/s1. The molecule has 1 saturated heterocycles. The summed E-state index contributed by atoms with van der Waals surface area (Å²) in [6, 6.07) is 10.7. The number of carbonyl (C=O) groups is 3. The van der Waals surface area contributed by atoms with Gasteiger partial charge in [-0.25, -0.2) is 9.48 Å². The van der Waals surface area contributed by atoms with Gasteiger partial charge in [0.25, 0.3) is 5.91 Å². The van der Waals surface area contributed by atoms with Crippen molar-refractivity contribution in [1.29, 1.82) is 0 Å². The number of nitrogens with one attached hydrogen (secondary N) is 1. The monoisotopic (exact) mass is 472 g/mol. The van der Waals surface area contributed by atoms with E-state index in [9.17, 15) is 19.5 Å². The molecule has 2 N–H and O–H groups in total. The van der Waals surface area contributed by atoms with Crippen LogP contribution in [0.15, 0.2) is 58.2 Å². The third-order valence-corrected chi connectivity index (χ3v) is 7.86. The van der Waals surface area contributed by atoms with Crippen molar-refractivity contribution in [3.63, 3.8) is 0 Å². The predicted molar refractivity (Wildman–Crippen MR) is 123 cm³/mol. The van der Waals surface area contributed by atoms with Crippen molar-refractivity contribution >= 4 is 41.3 Å². The average Bonchev–Trinajstić information content (AvgIpc) is 3.26. The van der Waals surface area contributed by atoms with Crippen LogP contribution in [-0.2, 0) is 14.4 Å². The fourth-order valence-corrected chi connectivity index (χ4v) is 6.24. The van der Waals surface area contributed by atoms with E-state index in [4.69, 9.17) is 0 Å². The molecule has 2 aromatic rings. The van der Waals surface area contributed by atoms with Gasteiger partial charge in [-0.15, -0.1) is 11.8 Å². The third kappa shape index (κ3) is 4.42. The maximum atomic E-state index is 12.8. The number of amides is 2. The van der Waals surface area contributed by atoms with Crippen molar-refractivity contribution in [2.24, 2.45) is 0 Å². The van der Waals surface area contributed by atoms with Crippen LogP contribution in [0.1, 0.15) is 32.6 Å². The van der Waals surface area contributed by atoms with Gasteiger partial charge in [0.15, 0.2) is 0 Å². The van der Waals surface area contributed by atoms with Crippen molar-refractivity contribution in [1.82, 2.24) is 20.0 Å². The minimum Gasteiger partial charge on any atom is -0.477 e. The molecule has 10 heteroatoms. The molecular weight excluding hydrogens is 448 g/mol. The fraction of sp³-hybridized carbons (Fsp3) is 0.364. The molecule has 4 rings (SSSR count). The summed E-state index contributed by atoms with van der Waals surface area (Å²) >= 11 is 2.76. The normalized spacial score (nSPS) is 20.0. The number of hydrogen-bond donors (Lipinski definition) is 2. The number of rotatable bonds is 9. The summed E-state index contributed by atoms with van der Waals surface area (Å²) in [4.78, 5) is 38.9. The molecule has 1 aromatic carbocycles. The SMILES string of the molecule is CCCCCC(=O)N[C@@H]1C(=O)N2C(C(=O)O)=C(Sc3ccnn3-c3ccccc3)CS[C@@H]12. The van der Waals surface area contributed by atoms with E-state index in [2.05, 4.69) is 17.3 Å². The van der Waals surface area contributed by atoms with Crippen LogP contribution in [0.2, 0.25) is 0 Å². The Morgan fingerprint density at radius 1 is 1.25 bits per heavy atom. The lowest BCUT2D eigenvalue weighted by Crippen LogP contribution is -2.70. The maximum Gasteiger partial charge on any atom is 0.353 e. The molecule has 0 radical (unpaired) electrons. The molecule has 0 saturated carbocycles. The number of para-hydroxylation sites is 1. The van der Waals surface area contributed by atoms with E-state index in [1.54, 1.807) is 10.9 Å². The van der Waals surface area contributed by atoms with Gasteiger partial charge in [0.05, 0.1) is 11.9 Å². The molecule has 2 aliphatic heterocycles. The van der Waals surface area contributed by atoms with Gasteiger partial charge in [0, 0.05) is 17.1 Å². The lowest BCUT2D eigenvalue weighted by molar-refractivity contribution is -0.150. The second-order valence-corrected chi connectivity index (χ2v) is 9.73. The van der Waals surface area contributed by atoms with Gasteiger partial charge in [0.1, 0.15) is 22.1 Å². The lowest BCUT2D eigenvalue weighted by Gasteiger charge is -2.49. The number of unbranched alkanes of at least 4 members (excludes halogenated alkanes) is 2. The van der Waals surface area contributed by atoms with Crippen molar-refractivity contribution in [3.05, 3.63) is 53.2 Å². The van der Waals surface area contributed by atoms with Gasteiger partial charge in [0.2, 0.25) is 5.91 Å².